The monoisotopic (exact) mass is 264 g/mol. The number of nitrogens with two attached hydrogens (primary N) is 1. The maximum atomic E-state index is 13.3. The Balaban J connectivity index is 1.95. The lowest BCUT2D eigenvalue weighted by Gasteiger charge is -2.05. The number of carbonyl (C=O) groups excluding carboxylic acids is 1. The predicted molar refractivity (Wildman–Crippen MR) is 65.3 cm³/mol. The van der Waals surface area contributed by atoms with Gasteiger partial charge in [-0.1, -0.05) is 18.2 Å². The van der Waals surface area contributed by atoms with E-state index in [0.717, 1.165) is 0 Å². The highest BCUT2D eigenvalue weighted by molar-refractivity contribution is 5.94. The van der Waals surface area contributed by atoms with Gasteiger partial charge >= 0.3 is 0 Å². The average Bonchev–Trinajstić information content (AvgIpc) is 2.88. The first-order valence-electron chi connectivity index (χ1n) is 5.61. The van der Waals surface area contributed by atoms with Gasteiger partial charge in [0, 0.05) is 5.56 Å². The molecule has 3 N–H and O–H groups in total. The fourth-order valence-corrected chi connectivity index (χ4v) is 1.60. The van der Waals surface area contributed by atoms with Gasteiger partial charge in [0.2, 0.25) is 0 Å². The van der Waals surface area contributed by atoms with Gasteiger partial charge in [-0.25, -0.2) is 10.2 Å². The number of ether oxygens (including phenoxy) is 1. The molecule has 5 nitrogen and oxygen atoms in total. The zero-order valence-electron chi connectivity index (χ0n) is 10.1. The van der Waals surface area contributed by atoms with Crippen LogP contribution >= 0.6 is 0 Å². The normalized spacial score (nSPS) is 10.4. The summed E-state index contributed by atoms with van der Waals surface area (Å²) in [5.41, 5.74) is 2.76. The van der Waals surface area contributed by atoms with Crippen molar-refractivity contribution in [2.45, 2.75) is 13.2 Å². The molecule has 0 saturated heterocycles. The summed E-state index contributed by atoms with van der Waals surface area (Å²) in [5.74, 6) is 4.60. The fourth-order valence-electron chi connectivity index (χ4n) is 1.60. The van der Waals surface area contributed by atoms with Gasteiger partial charge in [0.05, 0.1) is 18.4 Å². The molecule has 1 amide bonds. The molecule has 2 aromatic rings. The summed E-state index contributed by atoms with van der Waals surface area (Å²) in [6.45, 7) is 0.154. The molecule has 6 heteroatoms. The first-order valence-corrected chi connectivity index (χ1v) is 5.61. The number of hydrazine groups is 1. The predicted octanol–water partition coefficient (Wildman–Crippen LogP) is 1.74. The van der Waals surface area contributed by atoms with Crippen molar-refractivity contribution in [3.63, 3.8) is 0 Å². The molecule has 0 fully saturated rings. The molecular formula is C13H13FN2O3. The fraction of sp³-hybridized carbons (Fsp3) is 0.154. The van der Waals surface area contributed by atoms with Crippen LogP contribution in [0.4, 0.5) is 4.39 Å². The third-order valence-electron chi connectivity index (χ3n) is 2.57. The lowest BCUT2D eigenvalue weighted by atomic mass is 10.2. The first-order chi connectivity index (χ1) is 9.22. The first kappa shape index (κ1) is 13.3. The average molecular weight is 264 g/mol. The number of furan rings is 1. The molecule has 19 heavy (non-hydrogen) atoms. The lowest BCUT2D eigenvalue weighted by molar-refractivity contribution is 0.0857. The highest BCUT2D eigenvalue weighted by atomic mass is 19.1. The summed E-state index contributed by atoms with van der Waals surface area (Å²) in [7, 11) is 0. The van der Waals surface area contributed by atoms with Crippen LogP contribution in [-0.4, -0.2) is 5.91 Å². The molecule has 0 radical (unpaired) electrons. The Labute approximate surface area is 109 Å². The number of carbonyl (C=O) groups is 1. The van der Waals surface area contributed by atoms with Crippen LogP contribution in [0.3, 0.4) is 0 Å². The van der Waals surface area contributed by atoms with Gasteiger partial charge in [-0.3, -0.25) is 10.2 Å². The van der Waals surface area contributed by atoms with E-state index in [-0.39, 0.29) is 19.0 Å². The number of halogens is 1. The van der Waals surface area contributed by atoms with E-state index >= 15 is 0 Å². The second-order valence-electron chi connectivity index (χ2n) is 3.82. The quantitative estimate of drug-likeness (QED) is 0.490. The van der Waals surface area contributed by atoms with Crippen LogP contribution in [0.5, 0.6) is 0 Å². The Morgan fingerprint density at radius 1 is 1.32 bits per heavy atom. The number of nitrogens with one attached hydrogen (secondary N) is 1. The van der Waals surface area contributed by atoms with Gasteiger partial charge < -0.3 is 9.15 Å². The van der Waals surface area contributed by atoms with Gasteiger partial charge in [0.1, 0.15) is 18.2 Å². The third-order valence-corrected chi connectivity index (χ3v) is 2.57. The second-order valence-corrected chi connectivity index (χ2v) is 3.82. The van der Waals surface area contributed by atoms with Crippen molar-refractivity contribution in [2.24, 2.45) is 5.84 Å². The van der Waals surface area contributed by atoms with E-state index < -0.39 is 5.91 Å². The van der Waals surface area contributed by atoms with E-state index in [1.807, 2.05) is 5.43 Å². The highest BCUT2D eigenvalue weighted by Gasteiger charge is 2.13. The van der Waals surface area contributed by atoms with Crippen molar-refractivity contribution < 1.29 is 18.3 Å². The smallest absolute Gasteiger partial charge is 0.268 e. The molecule has 1 aromatic carbocycles. The number of hydrogen-bond donors (Lipinski definition) is 2. The molecule has 0 aliphatic carbocycles. The summed E-state index contributed by atoms with van der Waals surface area (Å²) in [5, 5.41) is 0. The zero-order valence-corrected chi connectivity index (χ0v) is 10.1. The van der Waals surface area contributed by atoms with E-state index in [0.29, 0.717) is 16.9 Å². The molecule has 1 aromatic heterocycles. The Morgan fingerprint density at radius 3 is 2.84 bits per heavy atom. The van der Waals surface area contributed by atoms with E-state index in [9.17, 15) is 9.18 Å². The van der Waals surface area contributed by atoms with Gasteiger partial charge in [-0.05, 0) is 12.1 Å². The number of rotatable bonds is 5. The lowest BCUT2D eigenvalue weighted by Crippen LogP contribution is -2.30. The van der Waals surface area contributed by atoms with E-state index in [1.54, 1.807) is 18.2 Å². The highest BCUT2D eigenvalue weighted by Crippen LogP contribution is 2.14. The summed E-state index contributed by atoms with van der Waals surface area (Å²) in [6.07, 6.45) is 1.37. The number of amides is 1. The summed E-state index contributed by atoms with van der Waals surface area (Å²) < 4.78 is 23.8. The minimum Gasteiger partial charge on any atom is -0.466 e. The molecule has 0 aliphatic heterocycles. The largest absolute Gasteiger partial charge is 0.466 e. The SMILES string of the molecule is NNC(=O)c1ccoc1COCc1ccccc1F. The molecular weight excluding hydrogens is 251 g/mol. The minimum absolute atomic E-state index is 0.0596. The molecule has 0 atom stereocenters. The van der Waals surface area contributed by atoms with Crippen LogP contribution in [-0.2, 0) is 18.0 Å². The van der Waals surface area contributed by atoms with Crippen LogP contribution < -0.4 is 11.3 Å². The van der Waals surface area contributed by atoms with E-state index in [1.165, 1.54) is 18.4 Å². The molecule has 0 spiro atoms. The van der Waals surface area contributed by atoms with Crippen molar-refractivity contribution in [1.82, 2.24) is 5.43 Å². The molecule has 0 aliphatic rings. The van der Waals surface area contributed by atoms with Crippen molar-refractivity contribution in [3.05, 3.63) is 59.3 Å². The third kappa shape index (κ3) is 3.18. The molecule has 100 valence electrons. The molecule has 0 unspecified atom stereocenters. The Bertz CT molecular complexity index is 569. The Kier molecular flexibility index (Phi) is 4.27. The molecule has 2 rings (SSSR count). The van der Waals surface area contributed by atoms with Crippen molar-refractivity contribution in [1.29, 1.82) is 0 Å². The van der Waals surface area contributed by atoms with Gasteiger partial charge in [0.15, 0.2) is 0 Å². The zero-order chi connectivity index (χ0) is 13.7. The van der Waals surface area contributed by atoms with Crippen LogP contribution in [0.25, 0.3) is 0 Å². The number of nitrogen functional groups attached to an aromatic ring is 1. The van der Waals surface area contributed by atoms with Crippen molar-refractivity contribution in [3.8, 4) is 0 Å². The number of benzene rings is 1. The van der Waals surface area contributed by atoms with E-state index in [4.69, 9.17) is 15.0 Å². The maximum absolute atomic E-state index is 13.3. The Hall–Kier alpha value is -2.18. The van der Waals surface area contributed by atoms with Crippen molar-refractivity contribution >= 4 is 5.91 Å². The molecule has 0 saturated carbocycles. The molecule has 1 heterocycles. The van der Waals surface area contributed by atoms with Gasteiger partial charge in [-0.15, -0.1) is 0 Å². The van der Waals surface area contributed by atoms with Crippen LogP contribution in [0.1, 0.15) is 21.7 Å². The summed E-state index contributed by atoms with van der Waals surface area (Å²) >= 11 is 0. The minimum atomic E-state index is -0.460. The van der Waals surface area contributed by atoms with E-state index in [2.05, 4.69) is 0 Å². The second kappa shape index (κ2) is 6.12. The standard InChI is InChI=1S/C13H13FN2O3/c14-11-4-2-1-3-9(11)7-18-8-12-10(5-6-19-12)13(17)16-15/h1-6H,7-8,15H2,(H,16,17). The van der Waals surface area contributed by atoms with Gasteiger partial charge in [-0.2, -0.15) is 0 Å². The van der Waals surface area contributed by atoms with Gasteiger partial charge in [0.25, 0.3) is 5.91 Å². The van der Waals surface area contributed by atoms with Crippen molar-refractivity contribution in [2.75, 3.05) is 0 Å². The summed E-state index contributed by atoms with van der Waals surface area (Å²) in [4.78, 5) is 11.4. The Morgan fingerprint density at radius 2 is 2.11 bits per heavy atom. The van der Waals surface area contributed by atoms with Crippen LogP contribution in [0, 0.1) is 5.82 Å². The van der Waals surface area contributed by atoms with Crippen LogP contribution in [0.2, 0.25) is 0 Å². The molecule has 0 bridgehead atoms. The van der Waals surface area contributed by atoms with Crippen LogP contribution in [0.15, 0.2) is 41.0 Å². The number of hydrogen-bond acceptors (Lipinski definition) is 4. The maximum Gasteiger partial charge on any atom is 0.268 e. The summed E-state index contributed by atoms with van der Waals surface area (Å²) in [6, 6.07) is 7.81. The topological polar surface area (TPSA) is 77.5 Å².